The van der Waals surface area contributed by atoms with Crippen LogP contribution in [0, 0.1) is 18.6 Å². The molecule has 8 heteroatoms. The third-order valence-electron chi connectivity index (χ3n) is 4.85. The number of hydrogen-bond donors (Lipinski definition) is 1. The molecule has 1 aromatic carbocycles. The summed E-state index contributed by atoms with van der Waals surface area (Å²) >= 11 is 0. The van der Waals surface area contributed by atoms with Crippen LogP contribution in [0.2, 0.25) is 0 Å². The standard InChI is InChI=1S/C22H18F2N4O2/c1-11(2)18-20(12(3)7-8-25-18)28-21-13(10-26-22(28)30)9-15(24)19(27-21)17-14(23)5-4-6-16(17)29/h4-11,29H,1-3H3. The molecule has 0 fully saturated rings. The van der Waals surface area contributed by atoms with Crippen molar-refractivity contribution in [1.82, 2.24) is 19.5 Å². The lowest BCUT2D eigenvalue weighted by molar-refractivity contribution is 0.470. The number of rotatable bonds is 3. The van der Waals surface area contributed by atoms with E-state index in [0.29, 0.717) is 11.4 Å². The zero-order chi connectivity index (χ0) is 21.6. The van der Waals surface area contributed by atoms with Crippen molar-refractivity contribution >= 4 is 11.0 Å². The van der Waals surface area contributed by atoms with Gasteiger partial charge in [-0.1, -0.05) is 19.9 Å². The first-order chi connectivity index (χ1) is 14.3. The van der Waals surface area contributed by atoms with Crippen molar-refractivity contribution in [2.45, 2.75) is 26.7 Å². The van der Waals surface area contributed by atoms with E-state index in [2.05, 4.69) is 15.0 Å². The van der Waals surface area contributed by atoms with Gasteiger partial charge in [0.15, 0.2) is 11.5 Å². The van der Waals surface area contributed by atoms with Gasteiger partial charge in [0, 0.05) is 17.8 Å². The van der Waals surface area contributed by atoms with Crippen molar-refractivity contribution in [3.63, 3.8) is 0 Å². The van der Waals surface area contributed by atoms with Gasteiger partial charge < -0.3 is 5.11 Å². The van der Waals surface area contributed by atoms with Crippen LogP contribution in [0.5, 0.6) is 5.75 Å². The number of nitrogens with zero attached hydrogens (tertiary/aromatic N) is 4. The second-order valence-electron chi connectivity index (χ2n) is 7.26. The number of hydrogen-bond acceptors (Lipinski definition) is 5. The molecule has 0 aliphatic carbocycles. The van der Waals surface area contributed by atoms with Crippen LogP contribution >= 0.6 is 0 Å². The molecule has 152 valence electrons. The zero-order valence-electron chi connectivity index (χ0n) is 16.5. The molecule has 0 bridgehead atoms. The molecule has 1 N–H and O–H groups in total. The summed E-state index contributed by atoms with van der Waals surface area (Å²) in [4.78, 5) is 25.3. The zero-order valence-corrected chi connectivity index (χ0v) is 16.5. The van der Waals surface area contributed by atoms with Crippen molar-refractivity contribution in [3.8, 4) is 22.7 Å². The molecule has 0 aliphatic rings. The van der Waals surface area contributed by atoms with Gasteiger partial charge in [0.25, 0.3) is 0 Å². The highest BCUT2D eigenvalue weighted by Gasteiger charge is 2.22. The first-order valence-electron chi connectivity index (χ1n) is 9.31. The van der Waals surface area contributed by atoms with E-state index in [4.69, 9.17) is 0 Å². The van der Waals surface area contributed by atoms with Gasteiger partial charge in [-0.15, -0.1) is 0 Å². The van der Waals surface area contributed by atoms with Gasteiger partial charge >= 0.3 is 5.69 Å². The Bertz CT molecular complexity index is 1330. The third-order valence-corrected chi connectivity index (χ3v) is 4.85. The Morgan fingerprint density at radius 3 is 2.57 bits per heavy atom. The Hall–Kier alpha value is -3.68. The summed E-state index contributed by atoms with van der Waals surface area (Å²) in [5, 5.41) is 10.4. The fraction of sp³-hybridized carbons (Fsp3) is 0.182. The molecule has 0 unspecified atom stereocenters. The summed E-state index contributed by atoms with van der Waals surface area (Å²) in [6.07, 6.45) is 2.86. The van der Waals surface area contributed by atoms with Crippen molar-refractivity contribution < 1.29 is 13.9 Å². The van der Waals surface area contributed by atoms with E-state index < -0.39 is 28.8 Å². The fourth-order valence-corrected chi connectivity index (χ4v) is 3.45. The van der Waals surface area contributed by atoms with Crippen LogP contribution in [0.25, 0.3) is 28.0 Å². The molecule has 4 rings (SSSR count). The van der Waals surface area contributed by atoms with Crippen LogP contribution in [0.3, 0.4) is 0 Å². The van der Waals surface area contributed by atoms with Crippen molar-refractivity contribution in [2.24, 2.45) is 0 Å². The number of aromatic hydroxyl groups is 1. The Kier molecular flexibility index (Phi) is 4.77. The highest BCUT2D eigenvalue weighted by Crippen LogP contribution is 2.34. The number of halogens is 2. The Balaban J connectivity index is 2.14. The maximum Gasteiger partial charge on any atom is 0.353 e. The quantitative estimate of drug-likeness (QED) is 0.548. The molecule has 0 saturated carbocycles. The van der Waals surface area contributed by atoms with Gasteiger partial charge in [0.05, 0.1) is 16.9 Å². The predicted molar refractivity (Wildman–Crippen MR) is 109 cm³/mol. The van der Waals surface area contributed by atoms with Crippen molar-refractivity contribution in [2.75, 3.05) is 0 Å². The van der Waals surface area contributed by atoms with E-state index in [9.17, 15) is 18.7 Å². The fourth-order valence-electron chi connectivity index (χ4n) is 3.45. The molecule has 0 atom stereocenters. The molecule has 0 saturated heterocycles. The topological polar surface area (TPSA) is 80.9 Å². The minimum absolute atomic E-state index is 0.0161. The number of fused-ring (bicyclic) bond motifs is 1. The van der Waals surface area contributed by atoms with Crippen LogP contribution < -0.4 is 5.69 Å². The van der Waals surface area contributed by atoms with E-state index >= 15 is 0 Å². The summed E-state index contributed by atoms with van der Waals surface area (Å²) < 4.78 is 30.5. The van der Waals surface area contributed by atoms with Crippen LogP contribution in [0.4, 0.5) is 8.78 Å². The molecular formula is C22H18F2N4O2. The second kappa shape index (κ2) is 7.29. The Morgan fingerprint density at radius 1 is 1.10 bits per heavy atom. The molecule has 0 aliphatic heterocycles. The first-order valence-corrected chi connectivity index (χ1v) is 9.31. The van der Waals surface area contributed by atoms with E-state index in [1.807, 2.05) is 20.8 Å². The number of pyridine rings is 2. The summed E-state index contributed by atoms with van der Waals surface area (Å²) in [5.74, 6) is -2.15. The van der Waals surface area contributed by atoms with Crippen LogP contribution in [-0.2, 0) is 0 Å². The van der Waals surface area contributed by atoms with Crippen LogP contribution in [0.1, 0.15) is 31.0 Å². The van der Waals surface area contributed by atoms with Crippen LogP contribution in [-0.4, -0.2) is 24.6 Å². The third kappa shape index (κ3) is 3.10. The Labute approximate surface area is 170 Å². The molecule has 0 radical (unpaired) electrons. The monoisotopic (exact) mass is 408 g/mol. The molecule has 4 aromatic rings. The van der Waals surface area contributed by atoms with E-state index in [0.717, 1.165) is 17.7 Å². The van der Waals surface area contributed by atoms with E-state index in [1.165, 1.54) is 22.9 Å². The largest absolute Gasteiger partial charge is 0.507 e. The molecule has 0 spiro atoms. The van der Waals surface area contributed by atoms with E-state index in [1.54, 1.807) is 12.3 Å². The minimum atomic E-state index is -0.845. The summed E-state index contributed by atoms with van der Waals surface area (Å²) in [6.45, 7) is 5.69. The highest BCUT2D eigenvalue weighted by molar-refractivity contribution is 5.81. The predicted octanol–water partition coefficient (Wildman–Crippen LogP) is 4.26. The number of aromatic nitrogens is 4. The van der Waals surface area contributed by atoms with E-state index in [-0.39, 0.29) is 22.5 Å². The van der Waals surface area contributed by atoms with Crippen LogP contribution in [0.15, 0.2) is 47.5 Å². The number of phenolic OH excluding ortho intramolecular Hbond substituents is 1. The van der Waals surface area contributed by atoms with Gasteiger partial charge in [-0.25, -0.2) is 28.1 Å². The van der Waals surface area contributed by atoms with Gasteiger partial charge in [-0.3, -0.25) is 4.98 Å². The normalized spacial score (nSPS) is 11.4. The molecule has 3 heterocycles. The highest BCUT2D eigenvalue weighted by atomic mass is 19.1. The van der Waals surface area contributed by atoms with Gasteiger partial charge in [-0.05, 0) is 42.7 Å². The summed E-state index contributed by atoms with van der Waals surface area (Å²) in [6, 6.07) is 6.52. The second-order valence-corrected chi connectivity index (χ2v) is 7.26. The average Bonchev–Trinajstić information content (AvgIpc) is 2.69. The van der Waals surface area contributed by atoms with Gasteiger partial charge in [0.1, 0.15) is 17.3 Å². The lowest BCUT2D eigenvalue weighted by Gasteiger charge is -2.17. The average molecular weight is 408 g/mol. The number of benzene rings is 1. The maximum absolute atomic E-state index is 14.8. The summed E-state index contributed by atoms with van der Waals surface area (Å²) in [5.41, 5.74) is 0.595. The molecule has 0 amide bonds. The molecule has 3 aromatic heterocycles. The van der Waals surface area contributed by atoms with Crippen molar-refractivity contribution in [3.05, 3.63) is 76.1 Å². The number of phenols is 1. The summed E-state index contributed by atoms with van der Waals surface area (Å²) in [7, 11) is 0. The lowest BCUT2D eigenvalue weighted by Crippen LogP contribution is -2.24. The Morgan fingerprint density at radius 2 is 1.87 bits per heavy atom. The first kappa shape index (κ1) is 19.6. The van der Waals surface area contributed by atoms with Gasteiger partial charge in [-0.2, -0.15) is 0 Å². The molecule has 6 nitrogen and oxygen atoms in total. The molecular weight excluding hydrogens is 390 g/mol. The SMILES string of the molecule is Cc1ccnc(C(C)C)c1-n1c(=O)ncc2cc(F)c(-c3c(O)cccc3F)nc21. The number of aryl methyl sites for hydroxylation is 1. The van der Waals surface area contributed by atoms with Crippen molar-refractivity contribution in [1.29, 1.82) is 0 Å². The maximum atomic E-state index is 14.8. The molecule has 30 heavy (non-hydrogen) atoms. The minimum Gasteiger partial charge on any atom is -0.507 e. The van der Waals surface area contributed by atoms with Gasteiger partial charge in [0.2, 0.25) is 0 Å². The smallest absolute Gasteiger partial charge is 0.353 e. The lowest BCUT2D eigenvalue weighted by atomic mass is 10.0.